The minimum absolute atomic E-state index is 0.488. The van der Waals surface area contributed by atoms with Gasteiger partial charge in [-0.25, -0.2) is 9.97 Å². The monoisotopic (exact) mass is 333 g/mol. The number of hydrogen-bond donors (Lipinski definition) is 0. The molecular weight excluding hydrogens is 318 g/mol. The minimum Gasteiger partial charge on any atom is -0.227 e. The lowest BCUT2D eigenvalue weighted by Crippen LogP contribution is -2.00. The SMILES string of the molecule is N#Cc1c(-c2ccccc2)nc(-c2ccccc2)nc1-c1ccccc1. The maximum Gasteiger partial charge on any atom is 0.160 e. The van der Waals surface area contributed by atoms with E-state index in [-0.39, 0.29) is 0 Å². The minimum atomic E-state index is 0.488. The first-order chi connectivity index (χ1) is 12.9. The summed E-state index contributed by atoms with van der Waals surface area (Å²) in [6, 6.07) is 31.7. The third-order valence-electron chi connectivity index (χ3n) is 4.15. The molecule has 0 aliphatic rings. The highest BCUT2D eigenvalue weighted by molar-refractivity contribution is 5.79. The Balaban J connectivity index is 2.03. The van der Waals surface area contributed by atoms with Gasteiger partial charge in [0.2, 0.25) is 0 Å². The van der Waals surface area contributed by atoms with Crippen molar-refractivity contribution in [3.05, 3.63) is 96.6 Å². The summed E-state index contributed by atoms with van der Waals surface area (Å²) in [4.78, 5) is 9.47. The Morgan fingerprint density at radius 3 is 1.31 bits per heavy atom. The second-order valence-corrected chi connectivity index (χ2v) is 5.83. The molecule has 0 saturated heterocycles. The van der Waals surface area contributed by atoms with Crippen LogP contribution in [0.25, 0.3) is 33.9 Å². The summed E-state index contributed by atoms with van der Waals surface area (Å²) >= 11 is 0. The van der Waals surface area contributed by atoms with Gasteiger partial charge in [0, 0.05) is 16.7 Å². The van der Waals surface area contributed by atoms with Gasteiger partial charge >= 0.3 is 0 Å². The highest BCUT2D eigenvalue weighted by Crippen LogP contribution is 2.31. The Labute approximate surface area is 152 Å². The van der Waals surface area contributed by atoms with E-state index in [0.29, 0.717) is 22.8 Å². The summed E-state index contributed by atoms with van der Waals surface area (Å²) in [5.74, 6) is 0.613. The molecule has 0 saturated carbocycles. The topological polar surface area (TPSA) is 49.6 Å². The molecule has 0 bridgehead atoms. The maximum atomic E-state index is 9.85. The fraction of sp³-hybridized carbons (Fsp3) is 0. The number of nitrogens with zero attached hydrogens (tertiary/aromatic N) is 3. The first-order valence-electron chi connectivity index (χ1n) is 8.35. The zero-order chi connectivity index (χ0) is 17.8. The Bertz CT molecular complexity index is 1010. The van der Waals surface area contributed by atoms with Crippen LogP contribution < -0.4 is 0 Å². The first-order valence-corrected chi connectivity index (χ1v) is 8.35. The predicted octanol–water partition coefficient (Wildman–Crippen LogP) is 5.35. The van der Waals surface area contributed by atoms with Crippen molar-refractivity contribution in [2.24, 2.45) is 0 Å². The van der Waals surface area contributed by atoms with Gasteiger partial charge in [-0.15, -0.1) is 0 Å². The number of benzene rings is 3. The van der Waals surface area contributed by atoms with Crippen LogP contribution in [0, 0.1) is 11.3 Å². The van der Waals surface area contributed by atoms with Gasteiger partial charge in [-0.1, -0.05) is 91.0 Å². The van der Waals surface area contributed by atoms with E-state index in [1.807, 2.05) is 91.0 Å². The normalized spacial score (nSPS) is 10.3. The Kier molecular flexibility index (Phi) is 4.24. The number of nitriles is 1. The maximum absolute atomic E-state index is 9.85. The largest absolute Gasteiger partial charge is 0.227 e. The molecule has 3 aromatic carbocycles. The zero-order valence-electron chi connectivity index (χ0n) is 14.0. The van der Waals surface area contributed by atoms with E-state index in [0.717, 1.165) is 16.7 Å². The van der Waals surface area contributed by atoms with Crippen LogP contribution in [0.15, 0.2) is 91.0 Å². The molecule has 1 heterocycles. The van der Waals surface area contributed by atoms with E-state index in [1.54, 1.807) is 0 Å². The van der Waals surface area contributed by atoms with E-state index >= 15 is 0 Å². The van der Waals surface area contributed by atoms with Crippen molar-refractivity contribution >= 4 is 0 Å². The third kappa shape index (κ3) is 2.97. The molecule has 3 nitrogen and oxygen atoms in total. The van der Waals surface area contributed by atoms with Gasteiger partial charge in [0.25, 0.3) is 0 Å². The predicted molar refractivity (Wildman–Crippen MR) is 103 cm³/mol. The van der Waals surface area contributed by atoms with Crippen LogP contribution >= 0.6 is 0 Å². The molecule has 0 fully saturated rings. The van der Waals surface area contributed by atoms with Crippen molar-refractivity contribution in [1.82, 2.24) is 9.97 Å². The first kappa shape index (κ1) is 15.7. The number of rotatable bonds is 3. The van der Waals surface area contributed by atoms with Crippen LogP contribution in [-0.2, 0) is 0 Å². The van der Waals surface area contributed by atoms with Gasteiger partial charge in [-0.2, -0.15) is 5.26 Å². The second-order valence-electron chi connectivity index (χ2n) is 5.83. The number of hydrogen-bond acceptors (Lipinski definition) is 3. The molecular formula is C23H15N3. The zero-order valence-corrected chi connectivity index (χ0v) is 14.0. The Morgan fingerprint density at radius 2 is 0.923 bits per heavy atom. The van der Waals surface area contributed by atoms with Gasteiger partial charge in [-0.3, -0.25) is 0 Å². The lowest BCUT2D eigenvalue weighted by molar-refractivity contribution is 1.17. The molecule has 0 N–H and O–H groups in total. The molecule has 26 heavy (non-hydrogen) atoms. The lowest BCUT2D eigenvalue weighted by Gasteiger charge is -2.12. The van der Waals surface area contributed by atoms with Crippen molar-refractivity contribution in [3.8, 4) is 40.0 Å². The summed E-state index contributed by atoms with van der Waals surface area (Å²) < 4.78 is 0. The fourth-order valence-corrected chi connectivity index (χ4v) is 2.89. The van der Waals surface area contributed by atoms with Crippen molar-refractivity contribution in [1.29, 1.82) is 5.26 Å². The molecule has 0 unspecified atom stereocenters. The van der Waals surface area contributed by atoms with Gasteiger partial charge in [0.05, 0.1) is 11.4 Å². The van der Waals surface area contributed by atoms with Gasteiger partial charge in [0.1, 0.15) is 11.6 Å². The lowest BCUT2D eigenvalue weighted by atomic mass is 10.0. The summed E-state index contributed by atoms with van der Waals surface area (Å²) in [6.45, 7) is 0. The molecule has 3 heteroatoms. The average molecular weight is 333 g/mol. The van der Waals surface area contributed by atoms with E-state index in [2.05, 4.69) is 6.07 Å². The second kappa shape index (κ2) is 7.00. The van der Waals surface area contributed by atoms with Crippen LogP contribution in [0.3, 0.4) is 0 Å². The summed E-state index contributed by atoms with van der Waals surface area (Å²) in [7, 11) is 0. The van der Waals surface area contributed by atoms with Crippen LogP contribution in [0.5, 0.6) is 0 Å². The molecule has 0 aliphatic carbocycles. The molecule has 0 aliphatic heterocycles. The van der Waals surface area contributed by atoms with Crippen molar-refractivity contribution < 1.29 is 0 Å². The fourth-order valence-electron chi connectivity index (χ4n) is 2.89. The molecule has 4 aromatic rings. The van der Waals surface area contributed by atoms with Gasteiger partial charge in [-0.05, 0) is 0 Å². The summed E-state index contributed by atoms with van der Waals surface area (Å²) in [5.41, 5.74) is 4.52. The summed E-state index contributed by atoms with van der Waals surface area (Å²) in [6.07, 6.45) is 0. The van der Waals surface area contributed by atoms with Crippen LogP contribution in [0.4, 0.5) is 0 Å². The van der Waals surface area contributed by atoms with Crippen LogP contribution in [-0.4, -0.2) is 9.97 Å². The van der Waals surface area contributed by atoms with Crippen molar-refractivity contribution in [3.63, 3.8) is 0 Å². The Hall–Kier alpha value is -3.77. The van der Waals surface area contributed by atoms with E-state index in [4.69, 9.17) is 9.97 Å². The van der Waals surface area contributed by atoms with Crippen LogP contribution in [0.2, 0.25) is 0 Å². The molecule has 0 atom stereocenters. The molecule has 0 radical (unpaired) electrons. The summed E-state index contributed by atoms with van der Waals surface area (Å²) in [5, 5.41) is 9.85. The molecule has 122 valence electrons. The van der Waals surface area contributed by atoms with E-state index < -0.39 is 0 Å². The Morgan fingerprint density at radius 1 is 0.538 bits per heavy atom. The standard InChI is InChI=1S/C23H15N3/c24-16-20-21(17-10-4-1-5-11-17)25-23(19-14-8-3-9-15-19)26-22(20)18-12-6-2-7-13-18/h1-15H. The highest BCUT2D eigenvalue weighted by Gasteiger charge is 2.17. The molecule has 4 rings (SSSR count). The van der Waals surface area contributed by atoms with Crippen LogP contribution in [0.1, 0.15) is 5.56 Å². The van der Waals surface area contributed by atoms with Gasteiger partial charge in [0.15, 0.2) is 5.82 Å². The van der Waals surface area contributed by atoms with E-state index in [9.17, 15) is 5.26 Å². The third-order valence-corrected chi connectivity index (χ3v) is 4.15. The molecule has 0 amide bonds. The van der Waals surface area contributed by atoms with Gasteiger partial charge < -0.3 is 0 Å². The van der Waals surface area contributed by atoms with Crippen molar-refractivity contribution in [2.45, 2.75) is 0 Å². The molecule has 1 aromatic heterocycles. The quantitative estimate of drug-likeness (QED) is 0.508. The average Bonchev–Trinajstić information content (AvgIpc) is 2.74. The van der Waals surface area contributed by atoms with E-state index in [1.165, 1.54) is 0 Å². The molecule has 0 spiro atoms. The van der Waals surface area contributed by atoms with Crippen molar-refractivity contribution in [2.75, 3.05) is 0 Å². The number of aromatic nitrogens is 2. The smallest absolute Gasteiger partial charge is 0.160 e. The highest BCUT2D eigenvalue weighted by atomic mass is 14.9.